The molecule has 0 aliphatic heterocycles. The fourth-order valence-corrected chi connectivity index (χ4v) is 2.16. The van der Waals surface area contributed by atoms with E-state index in [1.807, 2.05) is 17.5 Å². The van der Waals surface area contributed by atoms with E-state index >= 15 is 0 Å². The molecule has 0 unspecified atom stereocenters. The zero-order valence-electron chi connectivity index (χ0n) is 9.43. The highest BCUT2D eigenvalue weighted by atomic mass is 32.1. The Morgan fingerprint density at radius 1 is 1.17 bits per heavy atom. The van der Waals surface area contributed by atoms with E-state index in [-0.39, 0.29) is 5.69 Å². The second kappa shape index (κ2) is 5.22. The molecule has 0 spiro atoms. The lowest BCUT2D eigenvalue weighted by molar-refractivity contribution is -0.419. The van der Waals surface area contributed by atoms with Crippen molar-refractivity contribution < 1.29 is 18.2 Å². The number of thiophene rings is 1. The topological polar surface area (TPSA) is 26.0 Å². The van der Waals surface area contributed by atoms with Gasteiger partial charge in [0.1, 0.15) is 4.88 Å². The minimum Gasteiger partial charge on any atom is -0.276 e. The monoisotopic (exact) mass is 271 g/mol. The first-order valence-corrected chi connectivity index (χ1v) is 6.00. The number of nitrogens with one attached hydrogen (secondary N) is 2. The molecular weight excluding hydrogens is 261 g/mol. The van der Waals surface area contributed by atoms with Crippen LogP contribution in [0.3, 0.4) is 0 Å². The van der Waals surface area contributed by atoms with E-state index in [0.29, 0.717) is 5.84 Å². The van der Waals surface area contributed by atoms with Gasteiger partial charge in [-0.25, -0.2) is 14.1 Å². The van der Waals surface area contributed by atoms with Crippen molar-refractivity contribution in [3.8, 4) is 0 Å². The van der Waals surface area contributed by atoms with Gasteiger partial charge in [-0.3, -0.25) is 4.99 Å². The molecule has 0 aliphatic rings. The van der Waals surface area contributed by atoms with Crippen LogP contribution in [-0.2, 0) is 0 Å². The van der Waals surface area contributed by atoms with Crippen LogP contribution >= 0.6 is 11.3 Å². The molecule has 0 saturated heterocycles. The summed E-state index contributed by atoms with van der Waals surface area (Å²) in [5, 5.41) is 4.56. The molecule has 2 N–H and O–H groups in total. The molecule has 0 aliphatic carbocycles. The van der Waals surface area contributed by atoms with E-state index in [9.17, 15) is 13.2 Å². The van der Waals surface area contributed by atoms with E-state index < -0.39 is 17.5 Å². The molecule has 6 heteroatoms. The first-order chi connectivity index (χ1) is 8.63. The van der Waals surface area contributed by atoms with E-state index in [2.05, 4.69) is 10.3 Å². The Hall–Kier alpha value is -1.82. The second-order valence-electron chi connectivity index (χ2n) is 3.45. The summed E-state index contributed by atoms with van der Waals surface area (Å²) in [4.78, 5) is 3.68. The van der Waals surface area contributed by atoms with Crippen LogP contribution in [0.4, 0.5) is 18.9 Å². The molecule has 0 saturated carbocycles. The normalized spacial score (nSPS) is 11.7. The van der Waals surface area contributed by atoms with Crippen LogP contribution in [0, 0.1) is 17.5 Å². The highest BCUT2D eigenvalue weighted by Gasteiger charge is 2.19. The maximum atomic E-state index is 13.5. The molecule has 1 heterocycles. The molecule has 0 fully saturated rings. The SMILES string of the molecule is C[NH+]=C(Nc1ccc(F)c(F)c1F)c1cccs1. The Morgan fingerprint density at radius 3 is 2.56 bits per heavy atom. The van der Waals surface area contributed by atoms with Crippen LogP contribution in [0.15, 0.2) is 29.6 Å². The number of halogens is 3. The zero-order valence-corrected chi connectivity index (χ0v) is 10.2. The van der Waals surface area contributed by atoms with Crippen molar-refractivity contribution in [3.63, 3.8) is 0 Å². The van der Waals surface area contributed by atoms with Gasteiger partial charge in [-0.2, -0.15) is 4.39 Å². The third kappa shape index (κ3) is 2.38. The number of anilines is 1. The fraction of sp³-hybridized carbons (Fsp3) is 0.0833. The van der Waals surface area contributed by atoms with Crippen molar-refractivity contribution in [3.05, 3.63) is 52.0 Å². The molecule has 2 rings (SSSR count). The van der Waals surface area contributed by atoms with E-state index in [4.69, 9.17) is 0 Å². The van der Waals surface area contributed by atoms with E-state index in [1.165, 1.54) is 11.3 Å². The summed E-state index contributed by atoms with van der Waals surface area (Å²) in [7, 11) is 1.65. The average molecular weight is 271 g/mol. The summed E-state index contributed by atoms with van der Waals surface area (Å²) in [5.74, 6) is -3.41. The standard InChI is InChI=1S/C12H9F3N2S/c1-16-12(9-3-2-6-18-9)17-8-5-4-7(13)10(14)11(8)15/h2-6H,1H3,(H,16,17)/p+1. The number of hydrogen-bond acceptors (Lipinski definition) is 1. The molecule has 2 aromatic rings. The largest absolute Gasteiger partial charge is 0.290 e. The van der Waals surface area contributed by atoms with E-state index in [1.54, 1.807) is 7.05 Å². The quantitative estimate of drug-likeness (QED) is 0.485. The molecular formula is C12H10F3N2S+. The van der Waals surface area contributed by atoms with Crippen molar-refractivity contribution in [1.29, 1.82) is 0 Å². The number of amidine groups is 1. The van der Waals surface area contributed by atoms with Crippen LogP contribution in [0.25, 0.3) is 0 Å². The van der Waals surface area contributed by atoms with Gasteiger partial charge < -0.3 is 0 Å². The predicted molar refractivity (Wildman–Crippen MR) is 65.3 cm³/mol. The summed E-state index contributed by atoms with van der Waals surface area (Å²) >= 11 is 1.44. The summed E-state index contributed by atoms with van der Waals surface area (Å²) in [6.45, 7) is 0. The average Bonchev–Trinajstić information content (AvgIpc) is 2.89. The Kier molecular flexibility index (Phi) is 3.66. The molecule has 94 valence electrons. The van der Waals surface area contributed by atoms with Crippen LogP contribution < -0.4 is 10.3 Å². The Balaban J connectivity index is 2.32. The van der Waals surface area contributed by atoms with Gasteiger partial charge in [-0.05, 0) is 23.6 Å². The summed E-state index contributed by atoms with van der Waals surface area (Å²) in [6, 6.07) is 5.68. The van der Waals surface area contributed by atoms with Crippen molar-refractivity contribution in [2.24, 2.45) is 0 Å². The van der Waals surface area contributed by atoms with Crippen molar-refractivity contribution >= 4 is 22.9 Å². The first kappa shape index (κ1) is 12.6. The van der Waals surface area contributed by atoms with Gasteiger partial charge in [-0.15, -0.1) is 11.3 Å². The Morgan fingerprint density at radius 2 is 1.94 bits per heavy atom. The highest BCUT2D eigenvalue weighted by molar-refractivity contribution is 7.12. The molecule has 0 atom stereocenters. The lowest BCUT2D eigenvalue weighted by Gasteiger charge is -2.03. The lowest BCUT2D eigenvalue weighted by atomic mass is 10.2. The molecule has 1 aromatic heterocycles. The zero-order chi connectivity index (χ0) is 13.1. The van der Waals surface area contributed by atoms with Gasteiger partial charge in [0.05, 0.1) is 7.05 Å². The van der Waals surface area contributed by atoms with Gasteiger partial charge in [0.25, 0.3) is 5.84 Å². The Bertz CT molecular complexity index is 579. The molecule has 18 heavy (non-hydrogen) atoms. The van der Waals surface area contributed by atoms with Crippen molar-refractivity contribution in [2.45, 2.75) is 0 Å². The van der Waals surface area contributed by atoms with E-state index in [0.717, 1.165) is 17.0 Å². The third-order valence-corrected chi connectivity index (χ3v) is 3.20. The number of benzene rings is 1. The smallest absolute Gasteiger partial charge is 0.276 e. The maximum absolute atomic E-state index is 13.5. The third-order valence-electron chi connectivity index (χ3n) is 2.31. The first-order valence-electron chi connectivity index (χ1n) is 5.12. The van der Waals surface area contributed by atoms with Crippen LogP contribution in [-0.4, -0.2) is 12.9 Å². The van der Waals surface area contributed by atoms with Crippen LogP contribution in [0.2, 0.25) is 0 Å². The van der Waals surface area contributed by atoms with Gasteiger partial charge in [-0.1, -0.05) is 6.07 Å². The lowest BCUT2D eigenvalue weighted by Crippen LogP contribution is -2.70. The minimum atomic E-state index is -1.48. The molecule has 1 aromatic carbocycles. The van der Waals surface area contributed by atoms with Crippen molar-refractivity contribution in [2.75, 3.05) is 12.4 Å². The molecule has 0 radical (unpaired) electrons. The van der Waals surface area contributed by atoms with Gasteiger partial charge in [0.15, 0.2) is 17.3 Å². The van der Waals surface area contributed by atoms with Gasteiger partial charge in [0, 0.05) is 0 Å². The number of hydrogen-bond donors (Lipinski definition) is 2. The predicted octanol–water partition coefficient (Wildman–Crippen LogP) is 1.73. The minimum absolute atomic E-state index is 0.119. The van der Waals surface area contributed by atoms with Crippen LogP contribution in [0.5, 0.6) is 0 Å². The van der Waals surface area contributed by atoms with Crippen LogP contribution in [0.1, 0.15) is 4.88 Å². The summed E-state index contributed by atoms with van der Waals surface area (Å²) < 4.78 is 39.3. The van der Waals surface area contributed by atoms with Gasteiger partial charge >= 0.3 is 0 Å². The Labute approximate surface area is 106 Å². The number of rotatable bonds is 2. The molecule has 2 nitrogen and oxygen atoms in total. The fourth-order valence-electron chi connectivity index (χ4n) is 1.43. The molecule has 0 bridgehead atoms. The summed E-state index contributed by atoms with van der Waals surface area (Å²) in [6.07, 6.45) is 0. The molecule has 0 amide bonds. The van der Waals surface area contributed by atoms with Gasteiger partial charge in [0.2, 0.25) is 5.82 Å². The maximum Gasteiger partial charge on any atom is 0.290 e. The van der Waals surface area contributed by atoms with Crippen molar-refractivity contribution in [1.82, 2.24) is 0 Å². The summed E-state index contributed by atoms with van der Waals surface area (Å²) in [5.41, 5.74) is -0.119. The highest BCUT2D eigenvalue weighted by Crippen LogP contribution is 2.20. The second-order valence-corrected chi connectivity index (χ2v) is 4.40.